The van der Waals surface area contributed by atoms with Crippen LogP contribution in [0.15, 0.2) is 0 Å². The SMILES string of the molecule is CC(O)C(=O)C1CCOC2(CCOC2)C1. The summed E-state index contributed by atoms with van der Waals surface area (Å²) in [5, 5.41) is 9.28. The lowest BCUT2D eigenvalue weighted by molar-refractivity contribution is -0.143. The Morgan fingerprint density at radius 1 is 1.53 bits per heavy atom. The largest absolute Gasteiger partial charge is 0.386 e. The van der Waals surface area contributed by atoms with Crippen LogP contribution in [0.1, 0.15) is 26.2 Å². The number of ether oxygens (including phenoxy) is 2. The van der Waals surface area contributed by atoms with E-state index in [0.717, 1.165) is 19.4 Å². The third kappa shape index (κ3) is 2.22. The lowest BCUT2D eigenvalue weighted by Crippen LogP contribution is -2.44. The standard InChI is InChI=1S/C11H18O4/c1-8(12)10(13)9-2-4-15-11(6-9)3-5-14-7-11/h8-9,12H,2-7H2,1H3. The molecule has 1 spiro atoms. The van der Waals surface area contributed by atoms with Crippen molar-refractivity contribution in [2.45, 2.75) is 37.9 Å². The second kappa shape index (κ2) is 4.20. The third-order valence-electron chi connectivity index (χ3n) is 3.37. The fourth-order valence-electron chi connectivity index (χ4n) is 2.48. The fourth-order valence-corrected chi connectivity index (χ4v) is 2.48. The Labute approximate surface area is 89.6 Å². The first-order valence-corrected chi connectivity index (χ1v) is 5.56. The molecule has 0 amide bonds. The molecular formula is C11H18O4. The molecule has 3 unspecified atom stereocenters. The van der Waals surface area contributed by atoms with Gasteiger partial charge in [0.05, 0.1) is 12.2 Å². The van der Waals surface area contributed by atoms with E-state index in [-0.39, 0.29) is 17.3 Å². The Bertz CT molecular complexity index is 243. The predicted molar refractivity (Wildman–Crippen MR) is 53.5 cm³/mol. The van der Waals surface area contributed by atoms with Crippen LogP contribution < -0.4 is 0 Å². The van der Waals surface area contributed by atoms with Crippen LogP contribution in [0.25, 0.3) is 0 Å². The molecule has 1 N–H and O–H groups in total. The van der Waals surface area contributed by atoms with Gasteiger partial charge >= 0.3 is 0 Å². The molecule has 4 nitrogen and oxygen atoms in total. The quantitative estimate of drug-likeness (QED) is 0.728. The van der Waals surface area contributed by atoms with Gasteiger partial charge in [-0.2, -0.15) is 0 Å². The molecule has 0 saturated carbocycles. The van der Waals surface area contributed by atoms with Crippen LogP contribution in [0.2, 0.25) is 0 Å². The van der Waals surface area contributed by atoms with Crippen LogP contribution in [0.3, 0.4) is 0 Å². The average Bonchev–Trinajstić information content (AvgIpc) is 2.65. The van der Waals surface area contributed by atoms with E-state index in [2.05, 4.69) is 0 Å². The first kappa shape index (κ1) is 11.0. The molecule has 2 aliphatic rings. The van der Waals surface area contributed by atoms with Crippen molar-refractivity contribution in [3.8, 4) is 0 Å². The summed E-state index contributed by atoms with van der Waals surface area (Å²) in [7, 11) is 0. The van der Waals surface area contributed by atoms with Crippen molar-refractivity contribution < 1.29 is 19.4 Å². The second-order valence-electron chi connectivity index (χ2n) is 4.60. The monoisotopic (exact) mass is 214 g/mol. The zero-order chi connectivity index (χ0) is 10.9. The van der Waals surface area contributed by atoms with Gasteiger partial charge in [0.1, 0.15) is 6.10 Å². The van der Waals surface area contributed by atoms with Gasteiger partial charge in [0.15, 0.2) is 5.78 Å². The second-order valence-corrected chi connectivity index (χ2v) is 4.60. The van der Waals surface area contributed by atoms with Crippen molar-refractivity contribution >= 4 is 5.78 Å². The van der Waals surface area contributed by atoms with Crippen LogP contribution in [-0.4, -0.2) is 42.4 Å². The maximum atomic E-state index is 11.7. The molecule has 3 atom stereocenters. The lowest BCUT2D eigenvalue weighted by atomic mass is 9.82. The van der Waals surface area contributed by atoms with Crippen LogP contribution in [0.5, 0.6) is 0 Å². The molecule has 0 bridgehead atoms. The zero-order valence-corrected chi connectivity index (χ0v) is 9.07. The Hall–Kier alpha value is -0.450. The topological polar surface area (TPSA) is 55.8 Å². The highest BCUT2D eigenvalue weighted by molar-refractivity contribution is 5.84. The zero-order valence-electron chi connectivity index (χ0n) is 9.07. The highest BCUT2D eigenvalue weighted by Gasteiger charge is 2.43. The number of carbonyl (C=O) groups is 1. The van der Waals surface area contributed by atoms with Gasteiger partial charge in [0.25, 0.3) is 0 Å². The summed E-state index contributed by atoms with van der Waals surface area (Å²) in [5.41, 5.74) is -0.243. The van der Waals surface area contributed by atoms with Crippen molar-refractivity contribution in [3.63, 3.8) is 0 Å². The molecule has 2 aliphatic heterocycles. The number of aliphatic hydroxyl groups is 1. The molecule has 0 radical (unpaired) electrons. The van der Waals surface area contributed by atoms with Gasteiger partial charge in [-0.05, 0) is 19.8 Å². The molecule has 0 aromatic carbocycles. The van der Waals surface area contributed by atoms with Gasteiger partial charge in [-0.3, -0.25) is 4.79 Å². The molecule has 4 heteroatoms. The lowest BCUT2D eigenvalue weighted by Gasteiger charge is -2.36. The molecular weight excluding hydrogens is 196 g/mol. The van der Waals surface area contributed by atoms with Crippen molar-refractivity contribution in [1.29, 1.82) is 0 Å². The Balaban J connectivity index is 2.00. The van der Waals surface area contributed by atoms with E-state index >= 15 is 0 Å². The van der Waals surface area contributed by atoms with Gasteiger partial charge < -0.3 is 14.6 Å². The van der Waals surface area contributed by atoms with Gasteiger partial charge in [0, 0.05) is 25.6 Å². The fraction of sp³-hybridized carbons (Fsp3) is 0.909. The summed E-state index contributed by atoms with van der Waals surface area (Å²) in [5.74, 6) is -0.106. The Morgan fingerprint density at radius 2 is 2.33 bits per heavy atom. The van der Waals surface area contributed by atoms with Crippen LogP contribution in [0.4, 0.5) is 0 Å². The number of carbonyl (C=O) groups excluding carboxylic acids is 1. The molecule has 2 saturated heterocycles. The van der Waals surface area contributed by atoms with Crippen molar-refractivity contribution in [2.24, 2.45) is 5.92 Å². The summed E-state index contributed by atoms with van der Waals surface area (Å²) in [4.78, 5) is 11.7. The minimum absolute atomic E-state index is 0.0513. The summed E-state index contributed by atoms with van der Waals surface area (Å²) >= 11 is 0. The number of ketones is 1. The molecule has 2 rings (SSSR count). The first-order valence-electron chi connectivity index (χ1n) is 5.56. The van der Waals surface area contributed by atoms with Crippen molar-refractivity contribution in [3.05, 3.63) is 0 Å². The summed E-state index contributed by atoms with van der Waals surface area (Å²) in [6.45, 7) is 3.45. The highest BCUT2D eigenvalue weighted by Crippen LogP contribution is 2.36. The molecule has 15 heavy (non-hydrogen) atoms. The van der Waals surface area contributed by atoms with E-state index < -0.39 is 6.10 Å². The summed E-state index contributed by atoms with van der Waals surface area (Å²) in [6, 6.07) is 0. The third-order valence-corrected chi connectivity index (χ3v) is 3.37. The van der Waals surface area contributed by atoms with Crippen LogP contribution >= 0.6 is 0 Å². The highest BCUT2D eigenvalue weighted by atomic mass is 16.6. The predicted octanol–water partition coefficient (Wildman–Crippen LogP) is 0.522. The number of Topliss-reactive ketones (excluding diaryl/α,β-unsaturated/α-hetero) is 1. The Kier molecular flexibility index (Phi) is 3.09. The van der Waals surface area contributed by atoms with Gasteiger partial charge in [-0.15, -0.1) is 0 Å². The molecule has 0 aliphatic carbocycles. The Morgan fingerprint density at radius 3 is 2.93 bits per heavy atom. The molecule has 2 heterocycles. The smallest absolute Gasteiger partial charge is 0.164 e. The van der Waals surface area contributed by atoms with Crippen LogP contribution in [-0.2, 0) is 14.3 Å². The number of hydrogen-bond donors (Lipinski definition) is 1. The molecule has 86 valence electrons. The van der Waals surface area contributed by atoms with Gasteiger partial charge in [-0.1, -0.05) is 0 Å². The van der Waals surface area contributed by atoms with E-state index in [1.807, 2.05) is 0 Å². The summed E-state index contributed by atoms with van der Waals surface area (Å²) in [6.07, 6.45) is 1.45. The van der Waals surface area contributed by atoms with Gasteiger partial charge in [0.2, 0.25) is 0 Å². The number of rotatable bonds is 2. The van der Waals surface area contributed by atoms with Gasteiger partial charge in [-0.25, -0.2) is 0 Å². The number of aliphatic hydroxyl groups excluding tert-OH is 1. The molecule has 2 fully saturated rings. The van der Waals surface area contributed by atoms with Crippen molar-refractivity contribution in [2.75, 3.05) is 19.8 Å². The summed E-state index contributed by atoms with van der Waals surface area (Å²) < 4.78 is 11.1. The van der Waals surface area contributed by atoms with E-state index in [1.54, 1.807) is 0 Å². The first-order chi connectivity index (χ1) is 7.13. The molecule has 0 aromatic rings. The van der Waals surface area contributed by atoms with E-state index in [0.29, 0.717) is 19.6 Å². The number of hydrogen-bond acceptors (Lipinski definition) is 4. The average molecular weight is 214 g/mol. The minimum Gasteiger partial charge on any atom is -0.386 e. The van der Waals surface area contributed by atoms with Crippen LogP contribution in [0, 0.1) is 5.92 Å². The minimum atomic E-state index is -0.854. The van der Waals surface area contributed by atoms with Crippen molar-refractivity contribution in [1.82, 2.24) is 0 Å². The maximum absolute atomic E-state index is 11.7. The molecule has 0 aromatic heterocycles. The van der Waals surface area contributed by atoms with E-state index in [4.69, 9.17) is 9.47 Å². The normalized spacial score (nSPS) is 38.1. The van der Waals surface area contributed by atoms with E-state index in [1.165, 1.54) is 6.92 Å². The van der Waals surface area contributed by atoms with E-state index in [9.17, 15) is 9.90 Å². The maximum Gasteiger partial charge on any atom is 0.164 e.